The van der Waals surface area contributed by atoms with Gasteiger partial charge < -0.3 is 11.1 Å². The van der Waals surface area contributed by atoms with Gasteiger partial charge >= 0.3 is 0 Å². The highest BCUT2D eigenvalue weighted by Crippen LogP contribution is 2.45. The van der Waals surface area contributed by atoms with E-state index in [0.717, 1.165) is 17.8 Å². The second-order valence-electron chi connectivity index (χ2n) is 3.54. The second kappa shape index (κ2) is 3.53. The molecule has 1 aliphatic rings. The molecule has 1 saturated carbocycles. The molecule has 0 aliphatic heterocycles. The summed E-state index contributed by atoms with van der Waals surface area (Å²) < 4.78 is 0.679. The third kappa shape index (κ3) is 1.78. The molecule has 0 spiro atoms. The molecule has 5 heteroatoms. The Labute approximate surface area is 91.2 Å². The number of nitrogens with two attached hydrogens (primary N) is 1. The fourth-order valence-corrected chi connectivity index (χ4v) is 2.24. The third-order valence-electron chi connectivity index (χ3n) is 2.54. The van der Waals surface area contributed by atoms with Crippen LogP contribution in [-0.2, 0) is 4.79 Å². The van der Waals surface area contributed by atoms with Gasteiger partial charge in [0.05, 0.1) is 14.8 Å². The summed E-state index contributed by atoms with van der Waals surface area (Å²) in [6.07, 6.45) is 1.79. The van der Waals surface area contributed by atoms with Gasteiger partial charge in [-0.25, -0.2) is 0 Å². The zero-order chi connectivity index (χ0) is 10.2. The highest BCUT2D eigenvalue weighted by molar-refractivity contribution is 7.20. The van der Waals surface area contributed by atoms with Crippen molar-refractivity contribution in [2.45, 2.75) is 12.8 Å². The molecule has 0 aromatic carbocycles. The molecular weight excluding hydrogens is 220 g/mol. The molecule has 1 heterocycles. The van der Waals surface area contributed by atoms with E-state index < -0.39 is 0 Å². The predicted octanol–water partition coefficient (Wildman–Crippen LogP) is 2.08. The molecule has 1 fully saturated rings. The first-order valence-corrected chi connectivity index (χ1v) is 5.63. The number of rotatable bonds is 3. The van der Waals surface area contributed by atoms with Crippen molar-refractivity contribution < 1.29 is 4.79 Å². The largest absolute Gasteiger partial charge is 0.329 e. The molecule has 0 saturated heterocycles. The van der Waals surface area contributed by atoms with Gasteiger partial charge in [0.1, 0.15) is 0 Å². The van der Waals surface area contributed by atoms with Crippen LogP contribution in [0.3, 0.4) is 0 Å². The summed E-state index contributed by atoms with van der Waals surface area (Å²) in [4.78, 5) is 11.7. The Hall–Kier alpha value is -0.580. The number of hydrogen-bond acceptors (Lipinski definition) is 3. The van der Waals surface area contributed by atoms with Crippen LogP contribution in [0, 0.1) is 5.41 Å². The lowest BCUT2D eigenvalue weighted by atomic mass is 10.1. The molecule has 0 unspecified atom stereocenters. The lowest BCUT2D eigenvalue weighted by molar-refractivity contribution is -0.120. The number of nitrogens with one attached hydrogen (secondary N) is 1. The summed E-state index contributed by atoms with van der Waals surface area (Å²) in [6, 6.07) is 3.57. The Morgan fingerprint density at radius 3 is 2.79 bits per heavy atom. The van der Waals surface area contributed by atoms with E-state index in [4.69, 9.17) is 17.3 Å². The number of thiophene rings is 1. The fraction of sp³-hybridized carbons (Fsp3) is 0.444. The number of anilines is 1. The number of carbonyl (C=O) groups is 1. The summed E-state index contributed by atoms with van der Waals surface area (Å²) in [5, 5.41) is 3.62. The van der Waals surface area contributed by atoms with Crippen LogP contribution in [-0.4, -0.2) is 12.5 Å². The number of carbonyl (C=O) groups excluding carboxylic acids is 1. The van der Waals surface area contributed by atoms with Crippen molar-refractivity contribution in [3.63, 3.8) is 0 Å². The van der Waals surface area contributed by atoms with Crippen molar-refractivity contribution >= 4 is 33.8 Å². The van der Waals surface area contributed by atoms with E-state index in [1.165, 1.54) is 11.3 Å². The molecule has 3 N–H and O–H groups in total. The molecule has 0 radical (unpaired) electrons. The number of halogens is 1. The van der Waals surface area contributed by atoms with E-state index in [2.05, 4.69) is 5.32 Å². The zero-order valence-electron chi connectivity index (χ0n) is 7.55. The first-order chi connectivity index (χ1) is 6.66. The van der Waals surface area contributed by atoms with Gasteiger partial charge in [0.15, 0.2) is 0 Å². The van der Waals surface area contributed by atoms with E-state index in [-0.39, 0.29) is 11.3 Å². The molecule has 14 heavy (non-hydrogen) atoms. The maximum Gasteiger partial charge on any atom is 0.232 e. The summed E-state index contributed by atoms with van der Waals surface area (Å²) in [5.74, 6) is 0.0264. The van der Waals surface area contributed by atoms with Gasteiger partial charge in [0.25, 0.3) is 0 Å². The smallest absolute Gasteiger partial charge is 0.232 e. The van der Waals surface area contributed by atoms with Crippen LogP contribution in [0.15, 0.2) is 12.1 Å². The molecule has 3 nitrogen and oxygen atoms in total. The molecular formula is C9H11ClN2OS. The van der Waals surface area contributed by atoms with Crippen molar-refractivity contribution in [1.29, 1.82) is 0 Å². The summed E-state index contributed by atoms with van der Waals surface area (Å²) >= 11 is 7.11. The highest BCUT2D eigenvalue weighted by atomic mass is 35.5. The molecule has 76 valence electrons. The molecule has 1 aromatic rings. The van der Waals surface area contributed by atoms with Crippen LogP contribution < -0.4 is 11.1 Å². The van der Waals surface area contributed by atoms with Gasteiger partial charge in [0.2, 0.25) is 5.91 Å². The standard InChI is InChI=1S/C9H11ClN2OS/c10-6-1-2-7(14-6)12-8(13)9(5-11)3-4-9/h1-2H,3-5,11H2,(H,12,13). The number of hydrogen-bond donors (Lipinski definition) is 2. The van der Waals surface area contributed by atoms with Gasteiger partial charge in [-0.15, -0.1) is 11.3 Å². The minimum Gasteiger partial charge on any atom is -0.329 e. The average Bonchev–Trinajstić information content (AvgIpc) is 2.87. The maximum atomic E-state index is 11.7. The Balaban J connectivity index is 2.01. The van der Waals surface area contributed by atoms with Crippen molar-refractivity contribution in [2.75, 3.05) is 11.9 Å². The topological polar surface area (TPSA) is 55.1 Å². The SMILES string of the molecule is NCC1(C(=O)Nc2ccc(Cl)s2)CC1. The zero-order valence-corrected chi connectivity index (χ0v) is 9.12. The van der Waals surface area contributed by atoms with Gasteiger partial charge in [-0.2, -0.15) is 0 Å². The molecule has 1 aromatic heterocycles. The lowest BCUT2D eigenvalue weighted by Gasteiger charge is -2.10. The quantitative estimate of drug-likeness (QED) is 0.836. The van der Waals surface area contributed by atoms with Crippen LogP contribution in [0.2, 0.25) is 4.34 Å². The number of amides is 1. The monoisotopic (exact) mass is 230 g/mol. The van der Waals surface area contributed by atoms with Gasteiger partial charge in [-0.3, -0.25) is 4.79 Å². The lowest BCUT2D eigenvalue weighted by Crippen LogP contribution is -2.30. The van der Waals surface area contributed by atoms with E-state index in [1.807, 2.05) is 0 Å². The molecule has 0 atom stereocenters. The van der Waals surface area contributed by atoms with Crippen molar-refractivity contribution in [3.05, 3.63) is 16.5 Å². The first kappa shape index (κ1) is 9.96. The average molecular weight is 231 g/mol. The highest BCUT2D eigenvalue weighted by Gasteiger charge is 2.48. The fourth-order valence-electron chi connectivity index (χ4n) is 1.30. The van der Waals surface area contributed by atoms with Crippen LogP contribution in [0.1, 0.15) is 12.8 Å². The van der Waals surface area contributed by atoms with Gasteiger partial charge in [-0.1, -0.05) is 11.6 Å². The first-order valence-electron chi connectivity index (χ1n) is 4.43. The normalized spacial score (nSPS) is 17.9. The Kier molecular flexibility index (Phi) is 2.51. The Morgan fingerprint density at radius 1 is 1.64 bits per heavy atom. The van der Waals surface area contributed by atoms with Crippen molar-refractivity contribution in [3.8, 4) is 0 Å². The summed E-state index contributed by atoms with van der Waals surface area (Å²) in [7, 11) is 0. The Morgan fingerprint density at radius 2 is 2.36 bits per heavy atom. The maximum absolute atomic E-state index is 11.7. The summed E-state index contributed by atoms with van der Waals surface area (Å²) in [6.45, 7) is 0.429. The Bertz CT molecular complexity index is 359. The van der Waals surface area contributed by atoms with E-state index in [0.29, 0.717) is 10.9 Å². The van der Waals surface area contributed by atoms with Crippen molar-refractivity contribution in [2.24, 2.45) is 11.1 Å². The third-order valence-corrected chi connectivity index (χ3v) is 3.68. The van der Waals surface area contributed by atoms with Gasteiger partial charge in [0, 0.05) is 6.54 Å². The summed E-state index contributed by atoms with van der Waals surface area (Å²) in [5.41, 5.74) is 5.25. The van der Waals surface area contributed by atoms with Crippen LogP contribution in [0.25, 0.3) is 0 Å². The molecule has 1 aliphatic carbocycles. The molecule has 2 rings (SSSR count). The van der Waals surface area contributed by atoms with Crippen LogP contribution in [0.5, 0.6) is 0 Å². The van der Waals surface area contributed by atoms with E-state index >= 15 is 0 Å². The van der Waals surface area contributed by atoms with Crippen molar-refractivity contribution in [1.82, 2.24) is 0 Å². The minimum atomic E-state index is -0.295. The van der Waals surface area contributed by atoms with Gasteiger partial charge in [-0.05, 0) is 25.0 Å². The minimum absolute atomic E-state index is 0.0264. The second-order valence-corrected chi connectivity index (χ2v) is 5.26. The van der Waals surface area contributed by atoms with Crippen LogP contribution in [0.4, 0.5) is 5.00 Å². The molecule has 0 bridgehead atoms. The molecule has 1 amide bonds. The predicted molar refractivity (Wildman–Crippen MR) is 58.7 cm³/mol. The van der Waals surface area contributed by atoms with E-state index in [1.54, 1.807) is 12.1 Å². The van der Waals surface area contributed by atoms with Crippen LogP contribution >= 0.6 is 22.9 Å². The van der Waals surface area contributed by atoms with E-state index in [9.17, 15) is 4.79 Å².